The van der Waals surface area contributed by atoms with E-state index in [0.29, 0.717) is 53.2 Å². The van der Waals surface area contributed by atoms with E-state index in [1.165, 1.54) is 25.7 Å². The fourth-order valence-electron chi connectivity index (χ4n) is 7.48. The molecular formula is C41H48Cl2N4O6. The molecule has 4 aromatic rings. The molecule has 2 fully saturated rings. The van der Waals surface area contributed by atoms with Gasteiger partial charge >= 0.3 is 5.97 Å². The van der Waals surface area contributed by atoms with E-state index in [9.17, 15) is 9.90 Å². The second kappa shape index (κ2) is 17.8. The molecule has 0 aliphatic heterocycles. The van der Waals surface area contributed by atoms with E-state index in [4.69, 9.17) is 42.1 Å². The van der Waals surface area contributed by atoms with Gasteiger partial charge in [-0.15, -0.1) is 0 Å². The Morgan fingerprint density at radius 2 is 1.23 bits per heavy atom. The minimum atomic E-state index is -0.772. The number of nitrogens with one attached hydrogen (secondary N) is 2. The van der Waals surface area contributed by atoms with Crippen molar-refractivity contribution in [1.82, 2.24) is 20.6 Å². The first-order chi connectivity index (χ1) is 25.7. The van der Waals surface area contributed by atoms with E-state index < -0.39 is 11.9 Å². The summed E-state index contributed by atoms with van der Waals surface area (Å²) in [6.45, 7) is 5.73. The summed E-state index contributed by atoms with van der Waals surface area (Å²) in [6, 6.07) is 16.4. The highest BCUT2D eigenvalue weighted by Crippen LogP contribution is 2.35. The van der Waals surface area contributed by atoms with E-state index in [0.717, 1.165) is 57.3 Å². The fraction of sp³-hybridized carbons (Fsp3) is 0.439. The highest BCUT2D eigenvalue weighted by atomic mass is 35.5. The second-order valence-corrected chi connectivity index (χ2v) is 14.7. The quantitative estimate of drug-likeness (QED) is 0.102. The molecule has 0 spiro atoms. The van der Waals surface area contributed by atoms with E-state index in [2.05, 4.69) is 46.6 Å². The van der Waals surface area contributed by atoms with Crippen LogP contribution in [0.3, 0.4) is 0 Å². The van der Waals surface area contributed by atoms with Crippen LogP contribution in [0.15, 0.2) is 48.5 Å². The maximum absolute atomic E-state index is 11.6. The molecule has 2 aromatic heterocycles. The first kappa shape index (κ1) is 38.6. The van der Waals surface area contributed by atoms with Crippen molar-refractivity contribution in [2.24, 2.45) is 5.92 Å². The predicted molar refractivity (Wildman–Crippen MR) is 206 cm³/mol. The van der Waals surface area contributed by atoms with Gasteiger partial charge in [0.1, 0.15) is 23.3 Å². The van der Waals surface area contributed by atoms with Crippen molar-refractivity contribution < 1.29 is 28.8 Å². The number of rotatable bonds is 16. The molecule has 282 valence electrons. The topological polar surface area (TPSA) is 124 Å². The first-order valence-electron chi connectivity index (χ1n) is 18.3. The fourth-order valence-corrected chi connectivity index (χ4v) is 7.93. The van der Waals surface area contributed by atoms with Crippen LogP contribution in [-0.2, 0) is 31.1 Å². The normalized spacial score (nSPS) is 17.2. The molecule has 10 nitrogen and oxygen atoms in total. The summed E-state index contributed by atoms with van der Waals surface area (Å²) in [4.78, 5) is 20.8. The van der Waals surface area contributed by atoms with Crippen molar-refractivity contribution in [2.45, 2.75) is 97.2 Å². The number of halogens is 2. The number of nitrogens with zero attached hydrogens (tertiary/aromatic N) is 2. The van der Waals surface area contributed by atoms with Gasteiger partial charge in [-0.25, -0.2) is 0 Å². The number of carboxylic acid groups (broad SMARTS) is 1. The van der Waals surface area contributed by atoms with Crippen LogP contribution < -0.4 is 29.6 Å². The van der Waals surface area contributed by atoms with Gasteiger partial charge in [-0.2, -0.15) is 9.97 Å². The number of carbonyl (C=O) groups is 1. The number of ether oxygens (including phenoxy) is 4. The van der Waals surface area contributed by atoms with Gasteiger partial charge in [0.25, 0.3) is 0 Å². The third-order valence-corrected chi connectivity index (χ3v) is 11.1. The third kappa shape index (κ3) is 9.18. The molecule has 3 N–H and O–H groups in total. The lowest BCUT2D eigenvalue weighted by atomic mass is 9.92. The number of carboxylic acids is 1. The summed E-state index contributed by atoms with van der Waals surface area (Å²) >= 11 is 13.3. The second-order valence-electron chi connectivity index (χ2n) is 13.9. The number of aromatic nitrogens is 2. The Morgan fingerprint density at radius 1 is 0.717 bits per heavy atom. The molecule has 2 atom stereocenters. The molecule has 12 heteroatoms. The van der Waals surface area contributed by atoms with Gasteiger partial charge < -0.3 is 34.7 Å². The molecule has 6 rings (SSSR count). The molecule has 2 aliphatic rings. The molecule has 2 aromatic carbocycles. The van der Waals surface area contributed by atoms with Crippen molar-refractivity contribution in [2.75, 3.05) is 14.2 Å². The maximum Gasteiger partial charge on any atom is 0.308 e. The molecule has 0 saturated heterocycles. The number of hydrogen-bond donors (Lipinski definition) is 3. The van der Waals surface area contributed by atoms with Crippen molar-refractivity contribution in [1.29, 1.82) is 0 Å². The molecule has 2 aliphatic carbocycles. The van der Waals surface area contributed by atoms with Gasteiger partial charge in [0.2, 0.25) is 23.5 Å². The monoisotopic (exact) mass is 762 g/mol. The summed E-state index contributed by atoms with van der Waals surface area (Å²) in [5, 5.41) is 17.3. The molecule has 0 radical (unpaired) electrons. The maximum atomic E-state index is 11.6. The van der Waals surface area contributed by atoms with Gasteiger partial charge in [-0.05, 0) is 85.0 Å². The highest BCUT2D eigenvalue weighted by molar-refractivity contribution is 6.32. The minimum Gasteiger partial charge on any atom is -0.481 e. The number of aliphatic carboxylic acids is 1. The van der Waals surface area contributed by atoms with Gasteiger partial charge in [0.15, 0.2) is 0 Å². The molecule has 0 unspecified atom stereocenters. The lowest BCUT2D eigenvalue weighted by Gasteiger charge is -2.19. The van der Waals surface area contributed by atoms with E-state index in [-0.39, 0.29) is 25.1 Å². The van der Waals surface area contributed by atoms with Crippen LogP contribution in [0.25, 0.3) is 11.1 Å². The summed E-state index contributed by atoms with van der Waals surface area (Å²) < 4.78 is 23.5. The average Bonchev–Trinajstić information content (AvgIpc) is 3.86. The van der Waals surface area contributed by atoms with E-state index in [1.54, 1.807) is 20.3 Å². The van der Waals surface area contributed by atoms with E-state index in [1.807, 2.05) is 30.3 Å². The Labute approximate surface area is 321 Å². The summed E-state index contributed by atoms with van der Waals surface area (Å²) in [5.41, 5.74) is 7.95. The van der Waals surface area contributed by atoms with Gasteiger partial charge in [0.05, 0.1) is 20.1 Å². The number of methoxy groups -OCH3 is 2. The molecule has 2 saturated carbocycles. The lowest BCUT2D eigenvalue weighted by molar-refractivity contribution is -0.142. The van der Waals surface area contributed by atoms with Crippen LogP contribution in [0.4, 0.5) is 0 Å². The third-order valence-electron chi connectivity index (χ3n) is 10.6. The van der Waals surface area contributed by atoms with Crippen LogP contribution in [0.2, 0.25) is 10.0 Å². The zero-order valence-corrected chi connectivity index (χ0v) is 32.3. The van der Waals surface area contributed by atoms with Crippen LogP contribution >= 0.6 is 23.2 Å². The smallest absolute Gasteiger partial charge is 0.308 e. The van der Waals surface area contributed by atoms with Crippen LogP contribution in [-0.4, -0.2) is 47.3 Å². The largest absolute Gasteiger partial charge is 0.481 e. The zero-order chi connectivity index (χ0) is 37.5. The van der Waals surface area contributed by atoms with Crippen molar-refractivity contribution in [3.8, 4) is 34.6 Å². The standard InChI is InChI=1S/C41H48Cl2N4O6/c1-24-26(22-52-39-34(42)18-28(37(46-39)50-3)20-44-30-12-5-6-13-30)10-7-14-31(24)32-15-8-11-27(25(32)2)23-53-40-35(43)19-29(38(47-40)51-4)21-45-36-17-9-16-33(36)41(48)49/h7-8,10-11,14-15,18-19,30,33,36,44-45H,5-6,9,12-13,16-17,20-23H2,1-4H3,(H,48,49)/t33-,36-/m1/s1. The van der Waals surface area contributed by atoms with Crippen LogP contribution in [0.1, 0.15) is 78.3 Å². The highest BCUT2D eigenvalue weighted by Gasteiger charge is 2.32. The molecule has 53 heavy (non-hydrogen) atoms. The molecule has 0 amide bonds. The summed E-state index contributed by atoms with van der Waals surface area (Å²) in [7, 11) is 3.16. The van der Waals surface area contributed by atoms with Crippen LogP contribution in [0.5, 0.6) is 23.5 Å². The predicted octanol–water partition coefficient (Wildman–Crippen LogP) is 8.62. The van der Waals surface area contributed by atoms with Gasteiger partial charge in [0, 0.05) is 36.3 Å². The molecule has 2 heterocycles. The Hall–Kier alpha value is -4.09. The summed E-state index contributed by atoms with van der Waals surface area (Å²) in [5.74, 6) is 0.312. The van der Waals surface area contributed by atoms with Gasteiger partial charge in [-0.1, -0.05) is 78.9 Å². The minimum absolute atomic E-state index is 0.107. The zero-order valence-electron chi connectivity index (χ0n) is 30.8. The Morgan fingerprint density at radius 3 is 1.72 bits per heavy atom. The Bertz CT molecular complexity index is 1920. The van der Waals surface area contributed by atoms with Crippen molar-refractivity contribution in [3.63, 3.8) is 0 Å². The Kier molecular flexibility index (Phi) is 13.0. The number of pyridine rings is 2. The number of hydrogen-bond acceptors (Lipinski definition) is 9. The summed E-state index contributed by atoms with van der Waals surface area (Å²) in [6.07, 6.45) is 7.28. The average molecular weight is 764 g/mol. The Balaban J connectivity index is 1.12. The van der Waals surface area contributed by atoms with Gasteiger partial charge in [-0.3, -0.25) is 4.79 Å². The van der Waals surface area contributed by atoms with Crippen molar-refractivity contribution >= 4 is 29.2 Å². The molecule has 0 bridgehead atoms. The number of benzene rings is 2. The molecular weight excluding hydrogens is 715 g/mol. The van der Waals surface area contributed by atoms with E-state index >= 15 is 0 Å². The van der Waals surface area contributed by atoms with Crippen molar-refractivity contribution in [3.05, 3.63) is 92.0 Å². The lowest BCUT2D eigenvalue weighted by Crippen LogP contribution is -2.35. The van der Waals surface area contributed by atoms with Crippen LogP contribution in [0, 0.1) is 19.8 Å². The first-order valence-corrected chi connectivity index (χ1v) is 19.0. The SMILES string of the molecule is COc1nc(OCc2cccc(-c3cccc(COc4nc(OC)c(CN[C@@H]5CCC[C@H]5C(=O)O)cc4Cl)c3C)c2C)c(Cl)cc1CNC1CCCC1.